The van der Waals surface area contributed by atoms with Gasteiger partial charge in [-0.3, -0.25) is 28.8 Å². The van der Waals surface area contributed by atoms with E-state index >= 15 is 0 Å². The van der Waals surface area contributed by atoms with Crippen molar-refractivity contribution in [1.29, 1.82) is 0 Å². The Morgan fingerprint density at radius 1 is 0.833 bits per heavy atom. The summed E-state index contributed by atoms with van der Waals surface area (Å²) in [4.78, 5) is 83.5. The molecule has 0 aromatic carbocycles. The summed E-state index contributed by atoms with van der Waals surface area (Å²) in [5.74, 6) is -4.26. The summed E-state index contributed by atoms with van der Waals surface area (Å²) < 4.78 is 10.9. The largest absolute Gasteiger partial charge is 2.00 e. The van der Waals surface area contributed by atoms with Crippen molar-refractivity contribution in [3.63, 3.8) is 0 Å². The molecule has 4 bridgehead atoms. The molecule has 4 heterocycles. The summed E-state index contributed by atoms with van der Waals surface area (Å²) in [5, 5.41) is 33.8. The molecule has 4 saturated heterocycles. The van der Waals surface area contributed by atoms with Crippen LogP contribution in [-0.2, 0) is 38.2 Å². The summed E-state index contributed by atoms with van der Waals surface area (Å²) >= 11 is 0. The van der Waals surface area contributed by atoms with Gasteiger partial charge in [-0.2, -0.15) is 0 Å². The molecule has 5 N–H and O–H groups in total. The maximum atomic E-state index is 13.1. The third-order valence-electron chi connectivity index (χ3n) is 8.44. The number of amides is 3. The van der Waals surface area contributed by atoms with Gasteiger partial charge in [0, 0.05) is 32.7 Å². The fourth-order valence-electron chi connectivity index (χ4n) is 6.17. The van der Waals surface area contributed by atoms with Gasteiger partial charge in [0.05, 0.1) is 32.1 Å². The molecule has 0 aromatic rings. The van der Waals surface area contributed by atoms with Crippen molar-refractivity contribution in [3.05, 3.63) is 12.2 Å². The second-order valence-electron chi connectivity index (χ2n) is 12.4. The molecular weight excluding hydrogens is 778 g/mol. The third kappa shape index (κ3) is 12.1. The van der Waals surface area contributed by atoms with E-state index in [1.165, 1.54) is 18.7 Å². The predicted octanol–water partition coefficient (Wildman–Crippen LogP) is -4.52. The number of carboxylic acids is 1. The minimum Gasteiger partial charge on any atom is -0.631 e. The molecule has 4 aliphatic rings. The van der Waals surface area contributed by atoms with Gasteiger partial charge >= 0.3 is 53.0 Å². The fraction of sp³-hybridized carbons (Fsp3) is 0.714. The van der Waals surface area contributed by atoms with E-state index in [1.54, 1.807) is 9.80 Å². The van der Waals surface area contributed by atoms with Gasteiger partial charge in [0.25, 0.3) is 11.9 Å². The average Bonchev–Trinajstić information content (AvgIpc) is 3.47. The minimum atomic E-state index is -1.68. The Morgan fingerprint density at radius 2 is 1.38 bits per heavy atom. The monoisotopic (exact) mass is 823 g/mol. The van der Waals surface area contributed by atoms with Gasteiger partial charge in [0.1, 0.15) is 12.1 Å². The van der Waals surface area contributed by atoms with Crippen LogP contribution in [0.25, 0.3) is 0 Å². The number of likely N-dealkylation sites (tertiary alicyclic amines) is 1. The maximum absolute atomic E-state index is 13.1. The van der Waals surface area contributed by atoms with Crippen molar-refractivity contribution in [2.75, 3.05) is 85.1 Å². The summed E-state index contributed by atoms with van der Waals surface area (Å²) in [6.07, 6.45) is 1.87. The molecule has 5 atom stereocenters. The molecule has 0 saturated carbocycles. The van der Waals surface area contributed by atoms with Crippen LogP contribution in [0.4, 0.5) is 0 Å². The standard InChI is InChI=1S/C28H44BN7O11.Gd/c1-18(27(42)31-19(2)28(43)36-5-3-4-22(36)29(44)45)30-23(37)14-32-6-8-34-13-21(47-26(41)16-34)11-33(15-24(38)39)7-9-35-12-20(10-32)46-25(40)17-35;/h18-19,22,44-45H,3-17H2,1-2H3,(H,30,37)(H,31,42)(H,38,39);/q-2;+2/t18-,19+,22-;/m0./s1. The summed E-state index contributed by atoms with van der Waals surface area (Å²) in [5.41, 5.74) is 0. The number of hydrogen-bond donors (Lipinski definition) is 5. The van der Waals surface area contributed by atoms with E-state index in [-0.39, 0.29) is 92.3 Å². The van der Waals surface area contributed by atoms with Gasteiger partial charge in [0.15, 0.2) is 0 Å². The van der Waals surface area contributed by atoms with E-state index in [1.807, 2.05) is 9.80 Å². The molecule has 2 unspecified atom stereocenters. The molecular formula is C28H44BGdN7O11. The molecule has 48 heavy (non-hydrogen) atoms. The molecule has 268 valence electrons. The normalized spacial score (nSPS) is 26.2. The molecule has 4 rings (SSSR count). The first-order valence-corrected chi connectivity index (χ1v) is 15.8. The summed E-state index contributed by atoms with van der Waals surface area (Å²) in [7, 11) is -1.68. The van der Waals surface area contributed by atoms with Crippen molar-refractivity contribution in [2.45, 2.75) is 44.7 Å². The van der Waals surface area contributed by atoms with Gasteiger partial charge in [-0.05, 0) is 26.7 Å². The van der Waals surface area contributed by atoms with Crippen LogP contribution >= 0.6 is 0 Å². The van der Waals surface area contributed by atoms with E-state index < -0.39 is 60.8 Å². The molecule has 4 fully saturated rings. The Labute approximate surface area is 311 Å². The Hall–Kier alpha value is -2.03. The zero-order chi connectivity index (χ0) is 34.2. The number of ether oxygens (including phenoxy) is 2. The van der Waals surface area contributed by atoms with Gasteiger partial charge < -0.3 is 59.8 Å². The van der Waals surface area contributed by atoms with Crippen molar-refractivity contribution in [2.24, 2.45) is 0 Å². The predicted molar refractivity (Wildman–Crippen MR) is 162 cm³/mol. The molecule has 4 aliphatic heterocycles. The molecule has 0 radical (unpaired) electrons. The minimum absolute atomic E-state index is 0. The first-order chi connectivity index (χ1) is 22.3. The number of morpholine rings is 2. The third-order valence-corrected chi connectivity index (χ3v) is 8.44. The topological polar surface area (TPSA) is 222 Å². The van der Waals surface area contributed by atoms with Crippen molar-refractivity contribution < 1.29 is 93.3 Å². The Kier molecular flexibility index (Phi) is 15.8. The van der Waals surface area contributed by atoms with E-state index in [9.17, 15) is 43.9 Å². The van der Waals surface area contributed by atoms with Crippen LogP contribution in [0.3, 0.4) is 0 Å². The van der Waals surface area contributed by atoms with Crippen molar-refractivity contribution in [1.82, 2.24) is 35.1 Å². The Balaban J connectivity index is 0.00000625. The first kappa shape index (κ1) is 40.4. The molecule has 20 heteroatoms. The Morgan fingerprint density at radius 3 is 1.90 bits per heavy atom. The van der Waals surface area contributed by atoms with Crippen LogP contribution in [-0.4, -0.2) is 186 Å². The van der Waals surface area contributed by atoms with Crippen LogP contribution in [0.15, 0.2) is 0 Å². The smallest absolute Gasteiger partial charge is 0.631 e. The van der Waals surface area contributed by atoms with E-state index in [0.717, 1.165) is 0 Å². The average molecular weight is 823 g/mol. The van der Waals surface area contributed by atoms with Crippen LogP contribution in [0.1, 0.15) is 26.7 Å². The fourth-order valence-corrected chi connectivity index (χ4v) is 6.17. The quantitative estimate of drug-likeness (QED) is 0.0841. The van der Waals surface area contributed by atoms with Crippen molar-refractivity contribution in [3.8, 4) is 0 Å². The second kappa shape index (κ2) is 18.8. The van der Waals surface area contributed by atoms with E-state index in [4.69, 9.17) is 9.47 Å². The number of hydrogen-bond acceptors (Lipinski definition) is 14. The second-order valence-corrected chi connectivity index (χ2v) is 12.4. The maximum Gasteiger partial charge on any atom is 2.00 e. The van der Waals surface area contributed by atoms with Gasteiger partial charge in [-0.15, -0.1) is 12.2 Å². The van der Waals surface area contributed by atoms with Crippen LogP contribution in [0, 0.1) is 52.1 Å². The number of fused-ring (bicyclic) bond motifs is 4. The summed E-state index contributed by atoms with van der Waals surface area (Å²) in [6, 6.07) is -1.97. The SMILES string of the molecule is C[C@H](NC(=O)CN1CCN2CC(=O)O[C-](CN(CC(=O)O)CCN3CC(=O)O[C-](C1)C3)C2)C(=O)N[C@H](C)C(=O)N1CCC[C@H]1B(O)O.[Gd+2]. The van der Waals surface area contributed by atoms with Crippen LogP contribution in [0.5, 0.6) is 0 Å². The Bertz CT molecular complexity index is 1190. The zero-order valence-electron chi connectivity index (χ0n) is 27.1. The van der Waals surface area contributed by atoms with Gasteiger partial charge in [-0.1, -0.05) is 26.2 Å². The molecule has 0 spiro atoms. The van der Waals surface area contributed by atoms with Gasteiger partial charge in [-0.25, -0.2) is 0 Å². The molecule has 0 aromatic heterocycles. The number of carbonyl (C=O) groups is 6. The number of aliphatic carboxylic acids is 1. The van der Waals surface area contributed by atoms with Crippen molar-refractivity contribution >= 4 is 42.7 Å². The number of nitrogens with one attached hydrogen (secondary N) is 2. The first-order valence-electron chi connectivity index (χ1n) is 15.8. The number of nitrogens with zero attached hydrogens (tertiary/aromatic N) is 5. The molecule has 3 amide bonds. The van der Waals surface area contributed by atoms with Crippen LogP contribution in [0.2, 0.25) is 0 Å². The molecule has 18 nitrogen and oxygen atoms in total. The van der Waals surface area contributed by atoms with Crippen LogP contribution < -0.4 is 10.6 Å². The number of esters is 2. The number of rotatable bonds is 9. The summed E-state index contributed by atoms with van der Waals surface area (Å²) in [6.45, 7) is 4.98. The van der Waals surface area contributed by atoms with E-state index in [2.05, 4.69) is 10.6 Å². The molecule has 0 aliphatic carbocycles. The van der Waals surface area contributed by atoms with E-state index in [0.29, 0.717) is 57.8 Å². The number of carbonyl (C=O) groups excluding carboxylic acids is 5. The number of carboxylic acid groups (broad SMARTS) is 1. The zero-order valence-corrected chi connectivity index (χ0v) is 29.4. The van der Waals surface area contributed by atoms with Gasteiger partial charge in [0.2, 0.25) is 17.7 Å².